The van der Waals surface area contributed by atoms with Crippen molar-refractivity contribution in [2.75, 3.05) is 0 Å². The second-order valence-corrected chi connectivity index (χ2v) is 3.51. The first-order valence-corrected chi connectivity index (χ1v) is 4.92. The molecule has 0 saturated carbocycles. The molecule has 0 radical (unpaired) electrons. The second-order valence-electron chi connectivity index (χ2n) is 3.51. The van der Waals surface area contributed by atoms with Crippen LogP contribution < -0.4 is 5.32 Å². The Bertz CT molecular complexity index is 134. The molecule has 0 aromatic rings. The summed E-state index contributed by atoms with van der Waals surface area (Å²) in [6.07, 6.45) is 3.07. The summed E-state index contributed by atoms with van der Waals surface area (Å²) in [7, 11) is 0. The molecule has 12 heavy (non-hydrogen) atoms. The van der Waals surface area contributed by atoms with Crippen molar-refractivity contribution in [3.05, 3.63) is 0 Å². The molecule has 0 fully saturated rings. The van der Waals surface area contributed by atoms with E-state index in [1.54, 1.807) is 0 Å². The molecule has 0 rings (SSSR count). The largest absolute Gasteiger partial charge is 0.353 e. The molecule has 1 N–H and O–H groups in total. The zero-order chi connectivity index (χ0) is 9.56. The Hall–Kier alpha value is -0.530. The number of carbonyl (C=O) groups is 1. The van der Waals surface area contributed by atoms with E-state index in [2.05, 4.69) is 19.2 Å². The Morgan fingerprint density at radius 2 is 1.92 bits per heavy atom. The summed E-state index contributed by atoms with van der Waals surface area (Å²) in [5, 5.41) is 2.98. The maximum atomic E-state index is 11.4. The number of hydrogen-bond donors (Lipinski definition) is 1. The smallest absolute Gasteiger partial charge is 0.223 e. The van der Waals surface area contributed by atoms with Gasteiger partial charge in [0.05, 0.1) is 0 Å². The zero-order valence-electron chi connectivity index (χ0n) is 8.68. The normalized spacial score (nSPS) is 15.3. The third kappa shape index (κ3) is 4.37. The highest BCUT2D eigenvalue weighted by Crippen LogP contribution is 2.05. The monoisotopic (exact) mass is 171 g/mol. The first-order chi connectivity index (χ1) is 5.61. The fourth-order valence-corrected chi connectivity index (χ4v) is 1.05. The molecule has 0 aliphatic heterocycles. The van der Waals surface area contributed by atoms with Crippen LogP contribution in [0.25, 0.3) is 0 Å². The highest BCUT2D eigenvalue weighted by atomic mass is 16.1. The van der Waals surface area contributed by atoms with Crippen molar-refractivity contribution in [1.29, 1.82) is 0 Å². The number of carbonyl (C=O) groups excluding carboxylic acids is 1. The van der Waals surface area contributed by atoms with Crippen LogP contribution in [0.5, 0.6) is 0 Å². The van der Waals surface area contributed by atoms with E-state index in [-0.39, 0.29) is 11.8 Å². The SMILES string of the molecule is CCCC(C)C(=O)NC(C)CC. The molecular formula is C10H21NO. The average Bonchev–Trinajstić information content (AvgIpc) is 2.04. The van der Waals surface area contributed by atoms with Crippen LogP contribution in [0.1, 0.15) is 47.0 Å². The third-order valence-corrected chi connectivity index (χ3v) is 2.17. The standard InChI is InChI=1S/C10H21NO/c1-5-7-8(3)10(12)11-9(4)6-2/h8-9H,5-7H2,1-4H3,(H,11,12). The minimum atomic E-state index is 0.170. The summed E-state index contributed by atoms with van der Waals surface area (Å²) in [5.74, 6) is 0.371. The summed E-state index contributed by atoms with van der Waals surface area (Å²) in [6, 6.07) is 0.316. The van der Waals surface area contributed by atoms with E-state index in [1.807, 2.05) is 13.8 Å². The van der Waals surface area contributed by atoms with E-state index in [0.29, 0.717) is 6.04 Å². The highest BCUT2D eigenvalue weighted by Gasteiger charge is 2.12. The van der Waals surface area contributed by atoms with Crippen molar-refractivity contribution in [1.82, 2.24) is 5.32 Å². The van der Waals surface area contributed by atoms with Gasteiger partial charge >= 0.3 is 0 Å². The highest BCUT2D eigenvalue weighted by molar-refractivity contribution is 5.78. The minimum absolute atomic E-state index is 0.170. The predicted molar refractivity (Wildman–Crippen MR) is 52.0 cm³/mol. The molecule has 0 bridgehead atoms. The maximum Gasteiger partial charge on any atom is 0.223 e. The number of hydrogen-bond acceptors (Lipinski definition) is 1. The Kier molecular flexibility index (Phi) is 5.77. The number of rotatable bonds is 5. The van der Waals surface area contributed by atoms with Gasteiger partial charge in [0, 0.05) is 12.0 Å². The van der Waals surface area contributed by atoms with Gasteiger partial charge in [0.25, 0.3) is 0 Å². The topological polar surface area (TPSA) is 29.1 Å². The van der Waals surface area contributed by atoms with Crippen LogP contribution >= 0.6 is 0 Å². The predicted octanol–water partition coefficient (Wildman–Crippen LogP) is 2.34. The van der Waals surface area contributed by atoms with Crippen LogP contribution in [-0.4, -0.2) is 11.9 Å². The van der Waals surface area contributed by atoms with Gasteiger partial charge in [0.1, 0.15) is 0 Å². The summed E-state index contributed by atoms with van der Waals surface area (Å²) in [4.78, 5) is 11.4. The number of nitrogens with one attached hydrogen (secondary N) is 1. The molecule has 2 atom stereocenters. The van der Waals surface area contributed by atoms with Crippen molar-refractivity contribution >= 4 is 5.91 Å². The quantitative estimate of drug-likeness (QED) is 0.676. The molecule has 0 aliphatic rings. The summed E-state index contributed by atoms with van der Waals surface area (Å²) < 4.78 is 0. The van der Waals surface area contributed by atoms with Gasteiger partial charge in [0.2, 0.25) is 5.91 Å². The first kappa shape index (κ1) is 11.5. The first-order valence-electron chi connectivity index (χ1n) is 4.92. The van der Waals surface area contributed by atoms with Gasteiger partial charge in [-0.15, -0.1) is 0 Å². The molecule has 0 aromatic heterocycles. The van der Waals surface area contributed by atoms with Gasteiger partial charge in [-0.1, -0.05) is 27.2 Å². The zero-order valence-corrected chi connectivity index (χ0v) is 8.68. The van der Waals surface area contributed by atoms with Crippen molar-refractivity contribution in [2.45, 2.75) is 53.0 Å². The molecule has 0 aromatic carbocycles. The maximum absolute atomic E-state index is 11.4. The van der Waals surface area contributed by atoms with Crippen LogP contribution in [0.3, 0.4) is 0 Å². The summed E-state index contributed by atoms with van der Waals surface area (Å²) in [6.45, 7) is 8.21. The Morgan fingerprint density at radius 3 is 2.33 bits per heavy atom. The molecule has 2 nitrogen and oxygen atoms in total. The van der Waals surface area contributed by atoms with E-state index in [4.69, 9.17) is 0 Å². The molecule has 0 saturated heterocycles. The molecule has 1 amide bonds. The van der Waals surface area contributed by atoms with Crippen LogP contribution in [-0.2, 0) is 4.79 Å². The van der Waals surface area contributed by atoms with E-state index in [9.17, 15) is 4.79 Å². The lowest BCUT2D eigenvalue weighted by molar-refractivity contribution is -0.125. The molecule has 72 valence electrons. The Labute approximate surface area is 75.7 Å². The van der Waals surface area contributed by atoms with E-state index < -0.39 is 0 Å². The average molecular weight is 171 g/mol. The van der Waals surface area contributed by atoms with Crippen molar-refractivity contribution in [3.8, 4) is 0 Å². The van der Waals surface area contributed by atoms with Gasteiger partial charge in [-0.25, -0.2) is 0 Å². The van der Waals surface area contributed by atoms with E-state index >= 15 is 0 Å². The van der Waals surface area contributed by atoms with Crippen LogP contribution in [0.15, 0.2) is 0 Å². The van der Waals surface area contributed by atoms with Gasteiger partial charge in [-0.3, -0.25) is 4.79 Å². The van der Waals surface area contributed by atoms with Gasteiger partial charge in [-0.2, -0.15) is 0 Å². The molecule has 0 aliphatic carbocycles. The van der Waals surface area contributed by atoms with E-state index in [0.717, 1.165) is 19.3 Å². The Morgan fingerprint density at radius 1 is 1.33 bits per heavy atom. The van der Waals surface area contributed by atoms with Crippen molar-refractivity contribution in [2.24, 2.45) is 5.92 Å². The van der Waals surface area contributed by atoms with Gasteiger partial charge in [-0.05, 0) is 19.8 Å². The molecule has 2 unspecified atom stereocenters. The second kappa shape index (κ2) is 6.04. The molecule has 0 heterocycles. The molecular weight excluding hydrogens is 150 g/mol. The van der Waals surface area contributed by atoms with Gasteiger partial charge in [0.15, 0.2) is 0 Å². The lowest BCUT2D eigenvalue weighted by Crippen LogP contribution is -2.35. The fourth-order valence-electron chi connectivity index (χ4n) is 1.05. The summed E-state index contributed by atoms with van der Waals surface area (Å²) >= 11 is 0. The minimum Gasteiger partial charge on any atom is -0.353 e. The Balaban J connectivity index is 3.70. The van der Waals surface area contributed by atoms with E-state index in [1.165, 1.54) is 0 Å². The van der Waals surface area contributed by atoms with Crippen LogP contribution in [0.4, 0.5) is 0 Å². The van der Waals surface area contributed by atoms with Gasteiger partial charge < -0.3 is 5.32 Å². The molecule has 0 spiro atoms. The van der Waals surface area contributed by atoms with Crippen molar-refractivity contribution < 1.29 is 4.79 Å². The number of amides is 1. The lowest BCUT2D eigenvalue weighted by Gasteiger charge is -2.15. The third-order valence-electron chi connectivity index (χ3n) is 2.17. The molecule has 2 heteroatoms. The lowest BCUT2D eigenvalue weighted by atomic mass is 10.1. The van der Waals surface area contributed by atoms with Crippen molar-refractivity contribution in [3.63, 3.8) is 0 Å². The van der Waals surface area contributed by atoms with Crippen LogP contribution in [0.2, 0.25) is 0 Å². The summed E-state index contributed by atoms with van der Waals surface area (Å²) in [5.41, 5.74) is 0. The fraction of sp³-hybridized carbons (Fsp3) is 0.900. The van der Waals surface area contributed by atoms with Crippen LogP contribution in [0, 0.1) is 5.92 Å².